The maximum Gasteiger partial charge on any atom is 0.150 e. The van der Waals surface area contributed by atoms with Crippen LogP contribution in [0.4, 0.5) is 4.39 Å². The zero-order valence-corrected chi connectivity index (χ0v) is 12.9. The van der Waals surface area contributed by atoms with Gasteiger partial charge in [-0.3, -0.25) is 0 Å². The molecule has 0 saturated carbocycles. The molecule has 0 aliphatic rings. The van der Waals surface area contributed by atoms with Gasteiger partial charge in [0.15, 0.2) is 5.01 Å². The summed E-state index contributed by atoms with van der Waals surface area (Å²) in [6.45, 7) is 2.06. The van der Waals surface area contributed by atoms with Crippen molar-refractivity contribution in [2.75, 3.05) is 0 Å². The Bertz CT molecular complexity index is 530. The smallest absolute Gasteiger partial charge is 0.150 e. The average molecular weight is 380 g/mol. The van der Waals surface area contributed by atoms with Gasteiger partial charge in [0.25, 0.3) is 0 Å². The van der Waals surface area contributed by atoms with E-state index in [2.05, 4.69) is 49.0 Å². The maximum atomic E-state index is 13.7. The Labute approximate surface area is 120 Å². The van der Waals surface area contributed by atoms with Gasteiger partial charge in [-0.05, 0) is 24.6 Å². The van der Waals surface area contributed by atoms with E-state index in [-0.39, 0.29) is 10.6 Å². The zero-order valence-electron chi connectivity index (χ0n) is 8.95. The zero-order chi connectivity index (χ0) is 12.4. The van der Waals surface area contributed by atoms with Crippen LogP contribution < -0.4 is 0 Å². The second-order valence-corrected chi connectivity index (χ2v) is 6.48. The fourth-order valence-electron chi connectivity index (χ4n) is 1.31. The molecule has 0 amide bonds. The van der Waals surface area contributed by atoms with Gasteiger partial charge in [0.2, 0.25) is 0 Å². The largest absolute Gasteiger partial charge is 0.206 e. The molecule has 6 heteroatoms. The van der Waals surface area contributed by atoms with Crippen LogP contribution in [-0.2, 0) is 0 Å². The second-order valence-electron chi connectivity index (χ2n) is 3.45. The lowest BCUT2D eigenvalue weighted by Crippen LogP contribution is -1.85. The summed E-state index contributed by atoms with van der Waals surface area (Å²) in [4.78, 5) is 0.187. The summed E-state index contributed by atoms with van der Waals surface area (Å²) in [5.74, 6) is -0.287. The molecular formula is C11H9Br2FN2S. The standard InChI is InChI=1S/C11H9Br2FN2S/c1-2-8(13)11-16-15-10(17-11)7-4-3-6(12)5-9(7)14/h3-5,8H,2H2,1H3. The average Bonchev–Trinajstić information content (AvgIpc) is 2.77. The third-order valence-electron chi connectivity index (χ3n) is 2.23. The minimum atomic E-state index is -0.287. The molecule has 17 heavy (non-hydrogen) atoms. The molecule has 0 spiro atoms. The van der Waals surface area contributed by atoms with Crippen molar-refractivity contribution < 1.29 is 4.39 Å². The third-order valence-corrected chi connectivity index (χ3v) is 5.18. The van der Waals surface area contributed by atoms with E-state index >= 15 is 0 Å². The van der Waals surface area contributed by atoms with Gasteiger partial charge in [-0.2, -0.15) is 0 Å². The third kappa shape index (κ3) is 2.92. The second kappa shape index (κ2) is 5.54. The maximum absolute atomic E-state index is 13.7. The number of halogens is 3. The molecule has 2 aromatic rings. The highest BCUT2D eigenvalue weighted by Crippen LogP contribution is 2.34. The summed E-state index contributed by atoms with van der Waals surface area (Å²) < 4.78 is 14.4. The van der Waals surface area contributed by atoms with Crippen molar-refractivity contribution in [2.24, 2.45) is 0 Å². The van der Waals surface area contributed by atoms with E-state index in [1.165, 1.54) is 17.4 Å². The lowest BCUT2D eigenvalue weighted by atomic mass is 10.2. The van der Waals surface area contributed by atoms with Crippen molar-refractivity contribution in [3.63, 3.8) is 0 Å². The summed E-state index contributed by atoms with van der Waals surface area (Å²) in [6.07, 6.45) is 0.928. The fraction of sp³-hybridized carbons (Fsp3) is 0.273. The van der Waals surface area contributed by atoms with E-state index in [0.29, 0.717) is 10.6 Å². The van der Waals surface area contributed by atoms with Crippen LogP contribution in [0.2, 0.25) is 0 Å². The fourth-order valence-corrected chi connectivity index (χ4v) is 2.94. The highest BCUT2D eigenvalue weighted by atomic mass is 79.9. The number of rotatable bonds is 3. The Morgan fingerprint density at radius 3 is 2.82 bits per heavy atom. The number of nitrogens with zero attached hydrogens (tertiary/aromatic N) is 2. The SMILES string of the molecule is CCC(Br)c1nnc(-c2ccc(Br)cc2F)s1. The van der Waals surface area contributed by atoms with Crippen LogP contribution >= 0.6 is 43.2 Å². The van der Waals surface area contributed by atoms with Gasteiger partial charge in [0.1, 0.15) is 10.8 Å². The Morgan fingerprint density at radius 2 is 2.18 bits per heavy atom. The molecular weight excluding hydrogens is 371 g/mol. The van der Waals surface area contributed by atoms with E-state index in [4.69, 9.17) is 0 Å². The molecule has 0 N–H and O–H groups in total. The molecule has 0 saturated heterocycles. The van der Waals surface area contributed by atoms with Gasteiger partial charge >= 0.3 is 0 Å². The predicted octanol–water partition coefficient (Wildman–Crippen LogP) is 4.95. The molecule has 0 aliphatic carbocycles. The molecule has 0 radical (unpaired) electrons. The van der Waals surface area contributed by atoms with Crippen molar-refractivity contribution in [2.45, 2.75) is 18.2 Å². The topological polar surface area (TPSA) is 25.8 Å². The summed E-state index contributed by atoms with van der Waals surface area (Å²) >= 11 is 8.15. The van der Waals surface area contributed by atoms with E-state index in [1.54, 1.807) is 12.1 Å². The lowest BCUT2D eigenvalue weighted by molar-refractivity contribution is 0.630. The van der Waals surface area contributed by atoms with E-state index in [0.717, 1.165) is 15.9 Å². The van der Waals surface area contributed by atoms with Crippen molar-refractivity contribution in [1.29, 1.82) is 0 Å². The van der Waals surface area contributed by atoms with Gasteiger partial charge in [0, 0.05) is 10.0 Å². The molecule has 1 atom stereocenters. The highest BCUT2D eigenvalue weighted by Gasteiger charge is 2.15. The number of benzene rings is 1. The quantitative estimate of drug-likeness (QED) is 0.705. The first-order valence-corrected chi connectivity index (χ1v) is 7.57. The van der Waals surface area contributed by atoms with Crippen LogP contribution in [0.25, 0.3) is 10.6 Å². The van der Waals surface area contributed by atoms with Gasteiger partial charge in [-0.1, -0.05) is 50.1 Å². The Hall–Kier alpha value is -0.330. The van der Waals surface area contributed by atoms with Crippen LogP contribution in [-0.4, -0.2) is 10.2 Å². The summed E-state index contributed by atoms with van der Waals surface area (Å²) in [7, 11) is 0. The van der Waals surface area contributed by atoms with E-state index in [9.17, 15) is 4.39 Å². The Morgan fingerprint density at radius 1 is 1.41 bits per heavy atom. The van der Waals surface area contributed by atoms with E-state index in [1.807, 2.05) is 0 Å². The minimum absolute atomic E-state index is 0.187. The van der Waals surface area contributed by atoms with Crippen molar-refractivity contribution in [3.8, 4) is 10.6 Å². The summed E-state index contributed by atoms with van der Waals surface area (Å²) in [5.41, 5.74) is 0.493. The van der Waals surface area contributed by atoms with Crippen LogP contribution in [0.5, 0.6) is 0 Å². The molecule has 1 heterocycles. The predicted molar refractivity (Wildman–Crippen MR) is 75.0 cm³/mol. The Balaban J connectivity index is 2.37. The highest BCUT2D eigenvalue weighted by molar-refractivity contribution is 9.10. The van der Waals surface area contributed by atoms with Crippen molar-refractivity contribution in [1.82, 2.24) is 10.2 Å². The Kier molecular flexibility index (Phi) is 4.27. The first kappa shape index (κ1) is 13.1. The van der Waals surface area contributed by atoms with Crippen LogP contribution in [0.1, 0.15) is 23.2 Å². The lowest BCUT2D eigenvalue weighted by Gasteiger charge is -1.99. The molecule has 1 unspecified atom stereocenters. The molecule has 1 aromatic carbocycles. The van der Waals surface area contributed by atoms with Crippen LogP contribution in [0, 0.1) is 5.82 Å². The van der Waals surface area contributed by atoms with Gasteiger partial charge in [0.05, 0.1) is 4.83 Å². The van der Waals surface area contributed by atoms with Gasteiger partial charge in [-0.15, -0.1) is 10.2 Å². The van der Waals surface area contributed by atoms with E-state index < -0.39 is 0 Å². The van der Waals surface area contributed by atoms with Gasteiger partial charge in [-0.25, -0.2) is 4.39 Å². The molecule has 1 aromatic heterocycles. The number of hydrogen-bond donors (Lipinski definition) is 0. The monoisotopic (exact) mass is 378 g/mol. The van der Waals surface area contributed by atoms with Crippen molar-refractivity contribution >= 4 is 43.2 Å². The molecule has 2 rings (SSSR count). The summed E-state index contributed by atoms with van der Waals surface area (Å²) in [6, 6.07) is 4.94. The number of aromatic nitrogens is 2. The number of hydrogen-bond acceptors (Lipinski definition) is 3. The normalized spacial score (nSPS) is 12.7. The molecule has 0 fully saturated rings. The molecule has 2 nitrogen and oxygen atoms in total. The molecule has 90 valence electrons. The van der Waals surface area contributed by atoms with Crippen LogP contribution in [0.3, 0.4) is 0 Å². The minimum Gasteiger partial charge on any atom is -0.206 e. The molecule has 0 aliphatic heterocycles. The summed E-state index contributed by atoms with van der Waals surface area (Å²) in [5, 5.41) is 9.59. The number of alkyl halides is 1. The van der Waals surface area contributed by atoms with Crippen molar-refractivity contribution in [3.05, 3.63) is 33.5 Å². The van der Waals surface area contributed by atoms with Gasteiger partial charge < -0.3 is 0 Å². The first-order chi connectivity index (χ1) is 8.11. The van der Waals surface area contributed by atoms with Crippen LogP contribution in [0.15, 0.2) is 22.7 Å². The first-order valence-electron chi connectivity index (χ1n) is 5.04. The molecule has 0 bridgehead atoms.